The molecule has 0 atom stereocenters. The van der Waals surface area contributed by atoms with Crippen molar-refractivity contribution in [3.63, 3.8) is 0 Å². The Labute approximate surface area is 71.0 Å². The number of carbonyl (C=O) groups is 1. The normalized spacial score (nSPS) is 23.2. The summed E-state index contributed by atoms with van der Waals surface area (Å²) in [5, 5.41) is 6.32. The summed E-state index contributed by atoms with van der Waals surface area (Å²) in [6.45, 7) is 2.42. The van der Waals surface area contributed by atoms with Crippen LogP contribution in [0.3, 0.4) is 0 Å². The molecule has 0 spiro atoms. The maximum Gasteiger partial charge on any atom is 0.337 e. The van der Waals surface area contributed by atoms with Gasteiger partial charge in [-0.05, 0) is 6.42 Å². The van der Waals surface area contributed by atoms with Gasteiger partial charge in [0.2, 0.25) is 0 Å². The van der Waals surface area contributed by atoms with Crippen LogP contribution in [0.15, 0.2) is 11.4 Å². The minimum atomic E-state index is -0.174. The van der Waals surface area contributed by atoms with E-state index in [2.05, 4.69) is 10.6 Å². The molecule has 2 heterocycles. The molecule has 0 aliphatic carbocycles. The fourth-order valence-corrected chi connectivity index (χ4v) is 1.45. The molecule has 4 nitrogen and oxygen atoms in total. The van der Waals surface area contributed by atoms with Crippen molar-refractivity contribution in [3.05, 3.63) is 11.4 Å². The SMILES string of the molecule is O=C1OCCC1=C1NCCCN1. The van der Waals surface area contributed by atoms with Crippen molar-refractivity contribution < 1.29 is 9.53 Å². The molecule has 2 aliphatic heterocycles. The molecule has 2 saturated heterocycles. The third-order valence-electron chi connectivity index (χ3n) is 2.09. The molecule has 0 aromatic carbocycles. The molecule has 0 amide bonds. The summed E-state index contributed by atoms with van der Waals surface area (Å²) in [5.74, 6) is 0.704. The molecule has 2 aliphatic rings. The molecule has 4 heteroatoms. The molecule has 2 N–H and O–H groups in total. The molecule has 2 rings (SSSR count). The van der Waals surface area contributed by atoms with Crippen LogP contribution in [0, 0.1) is 0 Å². The fourth-order valence-electron chi connectivity index (χ4n) is 1.45. The van der Waals surface area contributed by atoms with Crippen molar-refractivity contribution in [1.82, 2.24) is 10.6 Å². The van der Waals surface area contributed by atoms with E-state index in [1.165, 1.54) is 0 Å². The number of hydrogen-bond acceptors (Lipinski definition) is 4. The van der Waals surface area contributed by atoms with Crippen LogP contribution in [0.2, 0.25) is 0 Å². The zero-order valence-corrected chi connectivity index (χ0v) is 6.85. The summed E-state index contributed by atoms with van der Waals surface area (Å²) in [6, 6.07) is 0. The Balaban J connectivity index is 2.16. The average Bonchev–Trinajstić information content (AvgIpc) is 2.53. The van der Waals surface area contributed by atoms with E-state index in [9.17, 15) is 4.79 Å². The van der Waals surface area contributed by atoms with E-state index in [4.69, 9.17) is 4.74 Å². The number of ether oxygens (including phenoxy) is 1. The van der Waals surface area contributed by atoms with Gasteiger partial charge < -0.3 is 15.4 Å². The van der Waals surface area contributed by atoms with E-state index in [1.54, 1.807) is 0 Å². The van der Waals surface area contributed by atoms with Crippen molar-refractivity contribution >= 4 is 5.97 Å². The third kappa shape index (κ3) is 1.24. The van der Waals surface area contributed by atoms with Crippen LogP contribution >= 0.6 is 0 Å². The summed E-state index contributed by atoms with van der Waals surface area (Å²) < 4.78 is 4.84. The average molecular weight is 168 g/mol. The Bertz CT molecular complexity index is 227. The van der Waals surface area contributed by atoms with Gasteiger partial charge in [-0.3, -0.25) is 0 Å². The molecule has 0 bridgehead atoms. The van der Waals surface area contributed by atoms with E-state index in [0.717, 1.165) is 37.3 Å². The van der Waals surface area contributed by atoms with Crippen molar-refractivity contribution in [2.24, 2.45) is 0 Å². The van der Waals surface area contributed by atoms with Crippen molar-refractivity contribution in [2.45, 2.75) is 12.8 Å². The van der Waals surface area contributed by atoms with E-state index >= 15 is 0 Å². The van der Waals surface area contributed by atoms with E-state index < -0.39 is 0 Å². The highest BCUT2D eigenvalue weighted by Gasteiger charge is 2.23. The van der Waals surface area contributed by atoms with E-state index in [-0.39, 0.29) is 5.97 Å². The lowest BCUT2D eigenvalue weighted by Crippen LogP contribution is -2.36. The minimum Gasteiger partial charge on any atom is -0.462 e. The van der Waals surface area contributed by atoms with Gasteiger partial charge in [-0.25, -0.2) is 4.79 Å². The Kier molecular flexibility index (Phi) is 1.89. The zero-order chi connectivity index (χ0) is 8.39. The van der Waals surface area contributed by atoms with Crippen LogP contribution in [0.5, 0.6) is 0 Å². The smallest absolute Gasteiger partial charge is 0.337 e. The van der Waals surface area contributed by atoms with Gasteiger partial charge in [0.15, 0.2) is 0 Å². The molecule has 2 fully saturated rings. The number of esters is 1. The summed E-state index contributed by atoms with van der Waals surface area (Å²) in [7, 11) is 0. The molecule has 0 aromatic rings. The molecule has 12 heavy (non-hydrogen) atoms. The first-order valence-corrected chi connectivity index (χ1v) is 4.26. The Morgan fingerprint density at radius 1 is 1.25 bits per heavy atom. The topological polar surface area (TPSA) is 50.4 Å². The van der Waals surface area contributed by atoms with Gasteiger partial charge >= 0.3 is 5.97 Å². The third-order valence-corrected chi connectivity index (χ3v) is 2.09. The van der Waals surface area contributed by atoms with Gasteiger partial charge in [0, 0.05) is 19.5 Å². The first-order chi connectivity index (χ1) is 5.88. The van der Waals surface area contributed by atoms with Gasteiger partial charge in [0.25, 0.3) is 0 Å². The molecule has 0 aromatic heterocycles. The lowest BCUT2D eigenvalue weighted by molar-refractivity contribution is -0.135. The quantitative estimate of drug-likeness (QED) is 0.386. The minimum absolute atomic E-state index is 0.174. The van der Waals surface area contributed by atoms with Gasteiger partial charge in [0.05, 0.1) is 12.2 Å². The lowest BCUT2D eigenvalue weighted by atomic mass is 10.2. The standard InChI is InChI=1S/C8H12N2O2/c11-8-6(2-5-12-8)7-9-3-1-4-10-7/h9-10H,1-5H2. The lowest BCUT2D eigenvalue weighted by Gasteiger charge is -2.20. The van der Waals surface area contributed by atoms with Crippen LogP contribution in [0.1, 0.15) is 12.8 Å². The number of nitrogens with one attached hydrogen (secondary N) is 2. The van der Waals surface area contributed by atoms with Gasteiger partial charge in [-0.15, -0.1) is 0 Å². The molecule has 0 unspecified atom stereocenters. The Morgan fingerprint density at radius 2 is 2.00 bits per heavy atom. The monoisotopic (exact) mass is 168 g/mol. The molecule has 0 radical (unpaired) electrons. The second kappa shape index (κ2) is 3.05. The number of cyclic esters (lactones) is 1. The number of rotatable bonds is 0. The summed E-state index contributed by atoms with van der Waals surface area (Å²) >= 11 is 0. The Hall–Kier alpha value is -1.19. The molecular formula is C8H12N2O2. The second-order valence-corrected chi connectivity index (χ2v) is 2.95. The predicted octanol–water partition coefficient (Wildman–Crippen LogP) is -0.272. The summed E-state index contributed by atoms with van der Waals surface area (Å²) in [5.41, 5.74) is 0.773. The van der Waals surface area contributed by atoms with Crippen LogP contribution < -0.4 is 10.6 Å². The van der Waals surface area contributed by atoms with Crippen molar-refractivity contribution in [3.8, 4) is 0 Å². The molecular weight excluding hydrogens is 156 g/mol. The maximum atomic E-state index is 11.1. The number of hydrogen-bond donors (Lipinski definition) is 2. The highest BCUT2D eigenvalue weighted by molar-refractivity contribution is 5.90. The highest BCUT2D eigenvalue weighted by atomic mass is 16.5. The first-order valence-electron chi connectivity index (χ1n) is 4.26. The van der Waals surface area contributed by atoms with Gasteiger partial charge in [-0.2, -0.15) is 0 Å². The van der Waals surface area contributed by atoms with E-state index in [1.807, 2.05) is 0 Å². The summed E-state index contributed by atoms with van der Waals surface area (Å²) in [6.07, 6.45) is 1.83. The van der Waals surface area contributed by atoms with Crippen molar-refractivity contribution in [2.75, 3.05) is 19.7 Å². The number of carbonyl (C=O) groups excluding carboxylic acids is 1. The van der Waals surface area contributed by atoms with Crippen LogP contribution in [0.25, 0.3) is 0 Å². The largest absolute Gasteiger partial charge is 0.462 e. The Morgan fingerprint density at radius 3 is 2.58 bits per heavy atom. The molecule has 66 valence electrons. The highest BCUT2D eigenvalue weighted by Crippen LogP contribution is 2.15. The molecule has 0 saturated carbocycles. The van der Waals surface area contributed by atoms with Crippen LogP contribution in [-0.2, 0) is 9.53 Å². The fraction of sp³-hybridized carbons (Fsp3) is 0.625. The first kappa shape index (κ1) is 7.46. The van der Waals surface area contributed by atoms with Gasteiger partial charge in [-0.1, -0.05) is 0 Å². The van der Waals surface area contributed by atoms with Gasteiger partial charge in [0.1, 0.15) is 5.82 Å². The van der Waals surface area contributed by atoms with Crippen molar-refractivity contribution in [1.29, 1.82) is 0 Å². The van der Waals surface area contributed by atoms with Crippen LogP contribution in [-0.4, -0.2) is 25.7 Å². The van der Waals surface area contributed by atoms with Crippen LogP contribution in [0.4, 0.5) is 0 Å². The zero-order valence-electron chi connectivity index (χ0n) is 6.85. The maximum absolute atomic E-state index is 11.1. The van der Waals surface area contributed by atoms with E-state index in [0.29, 0.717) is 6.61 Å². The summed E-state index contributed by atoms with van der Waals surface area (Å²) in [4.78, 5) is 11.1. The second-order valence-electron chi connectivity index (χ2n) is 2.95. The predicted molar refractivity (Wildman–Crippen MR) is 43.2 cm³/mol.